The molecule has 0 fully saturated rings. The van der Waals surface area contributed by atoms with Gasteiger partial charge in [-0.3, -0.25) is 19.2 Å². The molecule has 0 aliphatic carbocycles. The number of benzene rings is 2. The molecule has 8 N–H and O–H groups in total. The van der Waals surface area contributed by atoms with E-state index in [0.29, 0.717) is 19.0 Å². The van der Waals surface area contributed by atoms with Gasteiger partial charge in [0.1, 0.15) is 0 Å². The second-order valence-electron chi connectivity index (χ2n) is 8.97. The van der Waals surface area contributed by atoms with Gasteiger partial charge in [-0.15, -0.1) is 22.7 Å². The summed E-state index contributed by atoms with van der Waals surface area (Å²) in [6.07, 6.45) is 0. The van der Waals surface area contributed by atoms with Crippen LogP contribution in [0.5, 0.6) is 0 Å². The van der Waals surface area contributed by atoms with Gasteiger partial charge in [0.25, 0.3) is 11.9 Å². The van der Waals surface area contributed by atoms with E-state index in [1.54, 1.807) is 42.5 Å². The van der Waals surface area contributed by atoms with E-state index in [4.69, 9.17) is 40.1 Å². The van der Waals surface area contributed by atoms with Crippen LogP contribution in [0, 0.1) is 0 Å². The summed E-state index contributed by atoms with van der Waals surface area (Å²) in [5, 5.41) is 42.1. The van der Waals surface area contributed by atoms with Crippen LogP contribution in [0.25, 0.3) is 10.4 Å². The molecule has 0 aliphatic rings. The number of halogens is 1. The maximum Gasteiger partial charge on any atom is 0.499 e. The molecule has 21 heteroatoms. The van der Waals surface area contributed by atoms with Crippen molar-refractivity contribution in [2.45, 2.75) is 37.5 Å². The first-order valence-electron chi connectivity index (χ1n) is 12.8. The monoisotopic (exact) mass is 912 g/mol. The van der Waals surface area contributed by atoms with Gasteiger partial charge < -0.3 is 20.3 Å². The van der Waals surface area contributed by atoms with Crippen LogP contribution in [0.1, 0.15) is 47.0 Å². The predicted octanol–water partition coefficient (Wildman–Crippen LogP) is 3.17. The minimum Gasteiger partial charge on any atom is -0.481 e. The van der Waals surface area contributed by atoms with Gasteiger partial charge in [-0.05, 0) is 67.9 Å². The largest absolute Gasteiger partial charge is 0.499 e. The summed E-state index contributed by atoms with van der Waals surface area (Å²) in [7, 11) is -8.73. The number of Topliss-reactive ketones (excluding diaryl/α,β-unsaturated/α-hetero) is 2. The molecule has 0 radical (unpaired) electrons. The Morgan fingerprint density at radius 2 is 1.08 bits per heavy atom. The first-order valence-corrected chi connectivity index (χ1v) is 18.4. The zero-order valence-corrected chi connectivity index (χ0v) is 32.4. The summed E-state index contributed by atoms with van der Waals surface area (Å²) >= 11 is 5.56. The summed E-state index contributed by atoms with van der Waals surface area (Å²) in [5.74, 6) is -1.73. The Labute approximate surface area is 313 Å². The van der Waals surface area contributed by atoms with Gasteiger partial charge in [0.05, 0.1) is 19.5 Å². The molecule has 14 nitrogen and oxygen atoms in total. The maximum absolute atomic E-state index is 11.3. The Balaban J connectivity index is 0. The molecule has 0 saturated carbocycles. The van der Waals surface area contributed by atoms with Crippen molar-refractivity contribution in [2.75, 3.05) is 0 Å². The number of carbonyl (C=O) groups excluding carboxylic acids is 2. The second-order valence-corrected chi connectivity index (χ2v) is 15.2. The van der Waals surface area contributed by atoms with Gasteiger partial charge in [0, 0.05) is 48.4 Å². The molecule has 270 valence electrons. The summed E-state index contributed by atoms with van der Waals surface area (Å²) in [6, 6.07) is 19.2. The molecule has 49 heavy (non-hydrogen) atoms. The Bertz CT molecular complexity index is 1910. The fraction of sp³-hybridized carbons (Fsp3) is 0.143. The van der Waals surface area contributed by atoms with E-state index in [0.717, 1.165) is 35.6 Å². The number of nitrogens with two attached hydrogens (primary N) is 2. The van der Waals surface area contributed by atoms with Gasteiger partial charge in [-0.2, -0.15) is 0 Å². The minimum absolute atomic E-state index is 0. The number of rotatable bonds is 6. The molecule has 2 aromatic heterocycles. The Morgan fingerprint density at radius 1 is 0.673 bits per heavy atom. The van der Waals surface area contributed by atoms with E-state index in [1.807, 2.05) is 0 Å². The Kier molecular flexibility index (Phi) is 22.3. The smallest absolute Gasteiger partial charge is 0.481 e. The first kappa shape index (κ1) is 48.2. The quantitative estimate of drug-likeness (QED) is 0.120. The van der Waals surface area contributed by atoms with E-state index in [1.165, 1.54) is 55.5 Å². The van der Waals surface area contributed by atoms with E-state index >= 15 is 0 Å². The number of thiophene rings is 2. The number of sulfonamides is 2. The van der Waals surface area contributed by atoms with Gasteiger partial charge in [0.2, 0.25) is 20.0 Å². The molecule has 0 spiro atoms. The van der Waals surface area contributed by atoms with Crippen molar-refractivity contribution in [1.82, 2.24) is 0 Å². The SMILES string of the molecule is CC(=O)O.CC(=O)O.CC(=O)c1ccc(-c2cccc(S(N)(=O)=O)c2)s1.CC(=O)c1ccc(B(O)O)s1.NS(=O)(=O)c1cccc(Br)c1.[Pd]. The molecule has 0 saturated heterocycles. The van der Waals surface area contributed by atoms with Crippen LogP contribution in [-0.4, -0.2) is 67.7 Å². The fourth-order valence-corrected chi connectivity index (χ4v) is 6.18. The fourth-order valence-electron chi connectivity index (χ4n) is 2.83. The third-order valence-electron chi connectivity index (χ3n) is 4.75. The van der Waals surface area contributed by atoms with Crippen molar-refractivity contribution in [3.63, 3.8) is 0 Å². The van der Waals surface area contributed by atoms with E-state index in [2.05, 4.69) is 15.9 Å². The molecule has 0 bridgehead atoms. The first-order chi connectivity index (χ1) is 21.9. The van der Waals surface area contributed by atoms with Crippen molar-refractivity contribution < 1.29 is 76.7 Å². The van der Waals surface area contributed by atoms with Gasteiger partial charge in [-0.1, -0.05) is 40.2 Å². The van der Waals surface area contributed by atoms with E-state index in [-0.39, 0.29) is 41.8 Å². The van der Waals surface area contributed by atoms with Crippen LogP contribution in [0.15, 0.2) is 87.1 Å². The van der Waals surface area contributed by atoms with E-state index in [9.17, 15) is 26.4 Å². The van der Waals surface area contributed by atoms with Crippen LogP contribution in [0.4, 0.5) is 0 Å². The van der Waals surface area contributed by atoms with Crippen LogP contribution >= 0.6 is 38.6 Å². The predicted molar refractivity (Wildman–Crippen MR) is 187 cm³/mol. The van der Waals surface area contributed by atoms with E-state index < -0.39 is 39.1 Å². The van der Waals surface area contributed by atoms with Crippen LogP contribution < -0.4 is 15.1 Å². The molecular formula is C28H32BBrN2O12PdS4. The molecule has 4 aromatic rings. The standard InChI is InChI=1S/C12H11NO3S2.C6H7BO3S.C6H6BrNO2S.2C2H4O2.Pd/c1-8(14)11-5-6-12(17-11)9-3-2-4-10(7-9)18(13,15)16;1-4(8)5-2-3-6(11-5)7(9)10;7-5-2-1-3-6(4-5)11(8,9)10;2*1-2(3)4;/h2-7H,1H3,(H2,13,15,16);2-3,9-10H,1H3;1-4H,(H2,8,9,10);2*1H3,(H,3,4);. The van der Waals surface area contributed by atoms with Crippen LogP contribution in [0.3, 0.4) is 0 Å². The number of primary sulfonamides is 2. The summed E-state index contributed by atoms with van der Waals surface area (Å²) in [4.78, 5) is 42.2. The third-order valence-corrected chi connectivity index (χ3v) is 9.53. The molecule has 0 unspecified atom stereocenters. The number of hydrogen-bond donors (Lipinski definition) is 6. The topological polar surface area (TPSA) is 270 Å². The van der Waals surface area contributed by atoms with Gasteiger partial charge >= 0.3 is 7.12 Å². The zero-order valence-electron chi connectivity index (χ0n) is 26.0. The number of carboxylic acid groups (broad SMARTS) is 2. The molecule has 2 aromatic carbocycles. The molecule has 0 atom stereocenters. The molecule has 2 heterocycles. The number of ketones is 2. The zero-order chi connectivity index (χ0) is 37.4. The van der Waals surface area contributed by atoms with Crippen molar-refractivity contribution in [1.29, 1.82) is 0 Å². The Hall–Kier alpha value is -2.93. The molecule has 4 rings (SSSR count). The minimum atomic E-state index is -3.71. The average Bonchev–Trinajstić information content (AvgIpc) is 3.64. The van der Waals surface area contributed by atoms with Crippen molar-refractivity contribution >= 4 is 94.1 Å². The summed E-state index contributed by atoms with van der Waals surface area (Å²) < 4.78 is 45.1. The van der Waals surface area contributed by atoms with Gasteiger partial charge in [-0.25, -0.2) is 27.1 Å². The Morgan fingerprint density at radius 3 is 1.41 bits per heavy atom. The third kappa shape index (κ3) is 21.0. The normalized spacial score (nSPS) is 9.98. The summed E-state index contributed by atoms with van der Waals surface area (Å²) in [5.41, 5.74) is 0.735. The molecule has 0 amide bonds. The van der Waals surface area contributed by atoms with Crippen molar-refractivity contribution in [3.05, 3.63) is 87.0 Å². The average molecular weight is 914 g/mol. The maximum atomic E-state index is 11.3. The number of hydrogen-bond acceptors (Lipinski definition) is 12. The van der Waals surface area contributed by atoms with Crippen molar-refractivity contribution in [3.8, 4) is 10.4 Å². The van der Waals surface area contributed by atoms with Crippen LogP contribution in [-0.2, 0) is 50.1 Å². The number of aliphatic carboxylic acids is 2. The molecule has 0 aliphatic heterocycles. The van der Waals surface area contributed by atoms with Crippen molar-refractivity contribution in [2.24, 2.45) is 10.3 Å². The molecular weight excluding hydrogens is 882 g/mol. The van der Waals surface area contributed by atoms with Gasteiger partial charge in [0.15, 0.2) is 11.6 Å². The number of carbonyl (C=O) groups is 4. The number of carboxylic acids is 2. The van der Waals surface area contributed by atoms with Crippen LogP contribution in [0.2, 0.25) is 0 Å². The second kappa shape index (κ2) is 22.7. The summed E-state index contributed by atoms with van der Waals surface area (Å²) in [6.45, 7) is 5.11.